The summed E-state index contributed by atoms with van der Waals surface area (Å²) in [5, 5.41) is 0. The lowest BCUT2D eigenvalue weighted by Gasteiger charge is -2.20. The van der Waals surface area contributed by atoms with Crippen LogP contribution in [0.5, 0.6) is 0 Å². The number of hydrogen-bond donors (Lipinski definition) is 0. The highest BCUT2D eigenvalue weighted by Gasteiger charge is 2.31. The van der Waals surface area contributed by atoms with Crippen molar-refractivity contribution in [3.63, 3.8) is 0 Å². The SMILES string of the molecule is C=CC(Cl)(CCl)c1ccc(C(F)(F)F)cc1. The Bertz CT molecular complexity index is 370. The topological polar surface area (TPSA) is 0 Å². The van der Waals surface area contributed by atoms with Crippen molar-refractivity contribution in [2.45, 2.75) is 11.1 Å². The number of benzene rings is 1. The Balaban J connectivity index is 3.08. The van der Waals surface area contributed by atoms with Crippen LogP contribution in [0.15, 0.2) is 36.9 Å². The molecular formula is C11H9Cl2F3. The highest BCUT2D eigenvalue weighted by Crippen LogP contribution is 2.34. The van der Waals surface area contributed by atoms with E-state index in [1.165, 1.54) is 18.2 Å². The van der Waals surface area contributed by atoms with E-state index in [0.29, 0.717) is 5.56 Å². The maximum absolute atomic E-state index is 12.3. The average molecular weight is 269 g/mol. The van der Waals surface area contributed by atoms with Crippen LogP contribution in [0, 0.1) is 0 Å². The predicted octanol–water partition coefficient (Wildman–Crippen LogP) is 4.56. The Hall–Kier alpha value is -0.670. The Morgan fingerprint density at radius 2 is 1.56 bits per heavy atom. The van der Waals surface area contributed by atoms with E-state index in [-0.39, 0.29) is 5.88 Å². The zero-order valence-corrected chi connectivity index (χ0v) is 9.70. The van der Waals surface area contributed by atoms with Crippen LogP contribution in [0.1, 0.15) is 11.1 Å². The average Bonchev–Trinajstić information content (AvgIpc) is 2.27. The lowest BCUT2D eigenvalue weighted by atomic mass is 9.99. The second kappa shape index (κ2) is 4.68. The molecule has 0 bridgehead atoms. The van der Waals surface area contributed by atoms with Crippen molar-refractivity contribution in [3.8, 4) is 0 Å². The normalized spacial score (nSPS) is 15.6. The molecule has 0 amide bonds. The van der Waals surface area contributed by atoms with Crippen LogP contribution in [0.25, 0.3) is 0 Å². The van der Waals surface area contributed by atoms with Crippen LogP contribution >= 0.6 is 23.2 Å². The molecule has 1 aromatic carbocycles. The van der Waals surface area contributed by atoms with E-state index in [1.807, 2.05) is 0 Å². The third-order valence-electron chi connectivity index (χ3n) is 2.21. The maximum atomic E-state index is 12.3. The first-order chi connectivity index (χ1) is 7.33. The third-order valence-corrected chi connectivity index (χ3v) is 3.27. The molecule has 0 aliphatic rings. The van der Waals surface area contributed by atoms with E-state index in [9.17, 15) is 13.2 Å². The summed E-state index contributed by atoms with van der Waals surface area (Å²) in [6.07, 6.45) is -2.94. The second-order valence-electron chi connectivity index (χ2n) is 3.28. The van der Waals surface area contributed by atoms with Crippen molar-refractivity contribution >= 4 is 23.2 Å². The smallest absolute Gasteiger partial charge is 0.166 e. The third kappa shape index (κ3) is 2.71. The van der Waals surface area contributed by atoms with Gasteiger partial charge in [-0.3, -0.25) is 0 Å². The fourth-order valence-electron chi connectivity index (χ4n) is 1.19. The molecule has 1 atom stereocenters. The number of alkyl halides is 5. The van der Waals surface area contributed by atoms with E-state index in [1.54, 1.807) is 0 Å². The molecule has 0 radical (unpaired) electrons. The van der Waals surface area contributed by atoms with Gasteiger partial charge in [-0.2, -0.15) is 13.2 Å². The molecule has 1 aromatic rings. The minimum atomic E-state index is -4.34. The molecule has 0 aliphatic heterocycles. The largest absolute Gasteiger partial charge is 0.416 e. The molecule has 0 aromatic heterocycles. The highest BCUT2D eigenvalue weighted by molar-refractivity contribution is 6.31. The first-order valence-corrected chi connectivity index (χ1v) is 5.31. The Morgan fingerprint density at radius 1 is 1.12 bits per heavy atom. The van der Waals surface area contributed by atoms with Gasteiger partial charge in [0.2, 0.25) is 0 Å². The fourth-order valence-corrected chi connectivity index (χ4v) is 1.58. The molecule has 5 heteroatoms. The first-order valence-electron chi connectivity index (χ1n) is 4.40. The monoisotopic (exact) mass is 268 g/mol. The van der Waals surface area contributed by atoms with Crippen molar-refractivity contribution < 1.29 is 13.2 Å². The van der Waals surface area contributed by atoms with E-state index >= 15 is 0 Å². The molecule has 0 heterocycles. The van der Waals surface area contributed by atoms with E-state index in [2.05, 4.69) is 6.58 Å². The van der Waals surface area contributed by atoms with Gasteiger partial charge in [-0.15, -0.1) is 29.8 Å². The summed E-state index contributed by atoms with van der Waals surface area (Å²) in [7, 11) is 0. The standard InChI is InChI=1S/C11H9Cl2F3/c1-2-10(13,7-12)8-3-5-9(6-4-8)11(14,15)16/h2-6H,1,7H2. The Labute approximate surface area is 102 Å². The second-order valence-corrected chi connectivity index (χ2v) is 4.22. The van der Waals surface area contributed by atoms with E-state index < -0.39 is 16.6 Å². The number of allylic oxidation sites excluding steroid dienone is 1. The Morgan fingerprint density at radius 3 is 1.88 bits per heavy atom. The van der Waals surface area contributed by atoms with Gasteiger partial charge in [0.05, 0.1) is 5.56 Å². The van der Waals surface area contributed by atoms with Gasteiger partial charge in [0.15, 0.2) is 0 Å². The lowest BCUT2D eigenvalue weighted by Crippen LogP contribution is -2.17. The molecule has 0 spiro atoms. The summed E-state index contributed by atoms with van der Waals surface area (Å²) in [5.74, 6) is 0.0451. The Kier molecular flexibility index (Phi) is 3.92. The molecule has 0 nitrogen and oxygen atoms in total. The summed E-state index contributed by atoms with van der Waals surface area (Å²) < 4.78 is 36.9. The van der Waals surface area contributed by atoms with Gasteiger partial charge >= 0.3 is 6.18 Å². The molecule has 88 valence electrons. The number of hydrogen-bond acceptors (Lipinski definition) is 0. The van der Waals surface area contributed by atoms with E-state index in [0.717, 1.165) is 12.1 Å². The summed E-state index contributed by atoms with van der Waals surface area (Å²) in [5.41, 5.74) is -0.221. The molecule has 0 aliphatic carbocycles. The zero-order chi connectivity index (χ0) is 12.4. The highest BCUT2D eigenvalue weighted by atomic mass is 35.5. The molecule has 16 heavy (non-hydrogen) atoms. The molecule has 1 rings (SSSR count). The van der Waals surface area contributed by atoms with Crippen LogP contribution < -0.4 is 0 Å². The van der Waals surface area contributed by atoms with Gasteiger partial charge in [0.25, 0.3) is 0 Å². The quantitative estimate of drug-likeness (QED) is 0.557. The van der Waals surface area contributed by atoms with Gasteiger partial charge in [-0.25, -0.2) is 0 Å². The molecule has 1 unspecified atom stereocenters. The molecule has 0 N–H and O–H groups in total. The van der Waals surface area contributed by atoms with Crippen LogP contribution in [0.4, 0.5) is 13.2 Å². The van der Waals surface area contributed by atoms with Gasteiger partial charge in [0, 0.05) is 5.88 Å². The minimum Gasteiger partial charge on any atom is -0.166 e. The fraction of sp³-hybridized carbons (Fsp3) is 0.273. The van der Waals surface area contributed by atoms with Crippen LogP contribution in [0.2, 0.25) is 0 Å². The van der Waals surface area contributed by atoms with E-state index in [4.69, 9.17) is 23.2 Å². The lowest BCUT2D eigenvalue weighted by molar-refractivity contribution is -0.137. The van der Waals surface area contributed by atoms with Gasteiger partial charge in [0.1, 0.15) is 4.87 Å². The van der Waals surface area contributed by atoms with Gasteiger partial charge in [-0.1, -0.05) is 18.2 Å². The molecular weight excluding hydrogens is 260 g/mol. The molecule has 0 saturated heterocycles. The minimum absolute atomic E-state index is 0.0451. The molecule has 0 saturated carbocycles. The summed E-state index contributed by atoms with van der Waals surface area (Å²) in [6.45, 7) is 3.51. The maximum Gasteiger partial charge on any atom is 0.416 e. The van der Waals surface area contributed by atoms with Crippen LogP contribution in [-0.2, 0) is 11.1 Å². The summed E-state index contributed by atoms with van der Waals surface area (Å²) in [4.78, 5) is -1.02. The number of halogens is 5. The van der Waals surface area contributed by atoms with Crippen molar-refractivity contribution in [2.75, 3.05) is 5.88 Å². The summed E-state index contributed by atoms with van der Waals surface area (Å²) >= 11 is 11.7. The first kappa shape index (κ1) is 13.4. The predicted molar refractivity (Wildman–Crippen MR) is 59.9 cm³/mol. The van der Waals surface area contributed by atoms with Crippen molar-refractivity contribution in [1.82, 2.24) is 0 Å². The summed E-state index contributed by atoms with van der Waals surface area (Å²) in [6, 6.07) is 4.56. The molecule has 0 fully saturated rings. The van der Waals surface area contributed by atoms with Crippen LogP contribution in [-0.4, -0.2) is 5.88 Å². The van der Waals surface area contributed by atoms with Crippen molar-refractivity contribution in [2.24, 2.45) is 0 Å². The van der Waals surface area contributed by atoms with Crippen LogP contribution in [0.3, 0.4) is 0 Å². The van der Waals surface area contributed by atoms with Crippen molar-refractivity contribution in [3.05, 3.63) is 48.0 Å². The number of rotatable bonds is 3. The van der Waals surface area contributed by atoms with Gasteiger partial charge in [-0.05, 0) is 17.7 Å². The zero-order valence-electron chi connectivity index (χ0n) is 8.19. The van der Waals surface area contributed by atoms with Crippen molar-refractivity contribution in [1.29, 1.82) is 0 Å². The van der Waals surface area contributed by atoms with Gasteiger partial charge < -0.3 is 0 Å².